The van der Waals surface area contributed by atoms with Crippen LogP contribution in [0.3, 0.4) is 0 Å². The number of aromatic nitrogens is 4. The van der Waals surface area contributed by atoms with Crippen molar-refractivity contribution in [1.82, 2.24) is 17.5 Å². The van der Waals surface area contributed by atoms with Crippen molar-refractivity contribution in [2.75, 3.05) is 0 Å². The van der Waals surface area contributed by atoms with Gasteiger partial charge in [0, 0.05) is 61.3 Å². The molecule has 0 saturated heterocycles. The highest BCUT2D eigenvalue weighted by atomic mass is 32.1. The van der Waals surface area contributed by atoms with Crippen molar-refractivity contribution < 1.29 is 9.59 Å². The fraction of sp³-hybridized carbons (Fsp3) is 0.300. The van der Waals surface area contributed by atoms with Crippen LogP contribution in [0.25, 0.3) is 84.7 Å². The van der Waals surface area contributed by atoms with Gasteiger partial charge in [-0.1, -0.05) is 128 Å². The molecule has 362 valence electrons. The van der Waals surface area contributed by atoms with Crippen molar-refractivity contribution in [3.63, 3.8) is 0 Å². The predicted molar refractivity (Wildman–Crippen MR) is 307 cm³/mol. The molecule has 3 aliphatic rings. The molecule has 72 heavy (non-hydrogen) atoms. The summed E-state index contributed by atoms with van der Waals surface area (Å²) in [6, 6.07) is 39.4. The lowest BCUT2D eigenvalue weighted by molar-refractivity contribution is -0.138. The standard InChI is InChI=1S/C60H54N4O2S6/c1-5-9-11-33(7-3)29-37-15-23-49(67-37)41-19-21-43(57-55(41)61-71-63-57)51-27-25-47(69-51)35-13-17-39-45(31-35)53-40-18-14-36(32-46(40)54(39)60(66)59(53)65)48-26-28-52(70-48)44-22-20-42(56-58(44)64-72-62-56)50-24-16-38(68-50)30-34(8-4)12-10-6-2/h13-28,31-34,53-54H,5-12,29-30H2,1-4H3. The first-order chi connectivity index (χ1) is 35.3. The summed E-state index contributed by atoms with van der Waals surface area (Å²) in [6.07, 6.45) is 12.4. The maximum absolute atomic E-state index is 13.9. The summed E-state index contributed by atoms with van der Waals surface area (Å²) < 4.78 is 19.3. The summed E-state index contributed by atoms with van der Waals surface area (Å²) >= 11 is 9.77. The molecule has 0 fully saturated rings. The Morgan fingerprint density at radius 3 is 1.15 bits per heavy atom. The monoisotopic (exact) mass is 1050 g/mol. The Bertz CT molecular complexity index is 3420. The van der Waals surface area contributed by atoms with E-state index in [9.17, 15) is 9.59 Å². The third-order valence-electron chi connectivity index (χ3n) is 15.2. The van der Waals surface area contributed by atoms with E-state index in [1.807, 2.05) is 22.7 Å². The Hall–Kier alpha value is -5.34. The highest BCUT2D eigenvalue weighted by Gasteiger charge is 2.49. The molecule has 0 radical (unpaired) electrons. The molecule has 6 nitrogen and oxygen atoms in total. The third kappa shape index (κ3) is 8.59. The molecule has 4 unspecified atom stereocenters. The van der Waals surface area contributed by atoms with Gasteiger partial charge in [0.15, 0.2) is 0 Å². The van der Waals surface area contributed by atoms with Gasteiger partial charge in [-0.15, -0.1) is 45.3 Å². The number of Topliss-reactive ketones (excluding diaryl/α,β-unsaturated/α-hetero) is 2. The summed E-state index contributed by atoms with van der Waals surface area (Å²) in [5.41, 5.74) is 14.1. The molecule has 2 bridgehead atoms. The third-order valence-corrected chi connectivity index (χ3v) is 20.9. The molecule has 6 aromatic heterocycles. The van der Waals surface area contributed by atoms with E-state index in [4.69, 9.17) is 17.5 Å². The van der Waals surface area contributed by atoms with Crippen LogP contribution in [0, 0.1) is 11.8 Å². The molecule has 4 aromatic carbocycles. The second-order valence-electron chi connectivity index (χ2n) is 19.6. The number of carbonyl (C=O) groups is 2. The van der Waals surface area contributed by atoms with Gasteiger partial charge in [-0.3, -0.25) is 9.59 Å². The van der Waals surface area contributed by atoms with Crippen LogP contribution in [0.15, 0.2) is 109 Å². The van der Waals surface area contributed by atoms with E-state index in [1.165, 1.54) is 94.3 Å². The second kappa shape index (κ2) is 20.2. The zero-order chi connectivity index (χ0) is 49.0. The number of nitrogens with zero attached hydrogens (tertiary/aromatic N) is 4. The number of carbonyl (C=O) groups excluding carboxylic acids is 2. The van der Waals surface area contributed by atoms with Crippen LogP contribution in [0.1, 0.15) is 123 Å². The van der Waals surface area contributed by atoms with Gasteiger partial charge in [-0.25, -0.2) is 0 Å². The van der Waals surface area contributed by atoms with Gasteiger partial charge in [-0.2, -0.15) is 17.5 Å². The van der Waals surface area contributed by atoms with Gasteiger partial charge in [-0.05, 0) is 119 Å². The van der Waals surface area contributed by atoms with E-state index in [-0.39, 0.29) is 11.6 Å². The van der Waals surface area contributed by atoms with Crippen LogP contribution in [-0.2, 0) is 22.4 Å². The predicted octanol–water partition coefficient (Wildman–Crippen LogP) is 18.2. The largest absolute Gasteiger partial charge is 0.290 e. The van der Waals surface area contributed by atoms with E-state index < -0.39 is 11.8 Å². The fourth-order valence-corrected chi connectivity index (χ4v) is 16.7. The number of hydrogen-bond donors (Lipinski definition) is 0. The van der Waals surface area contributed by atoms with Crippen molar-refractivity contribution in [2.24, 2.45) is 11.8 Å². The van der Waals surface area contributed by atoms with Crippen LogP contribution in [0.4, 0.5) is 0 Å². The molecule has 3 aliphatic carbocycles. The smallest absolute Gasteiger partial charge is 0.211 e. The molecule has 0 amide bonds. The molecule has 0 aliphatic heterocycles. The highest BCUT2D eigenvalue weighted by molar-refractivity contribution is 7.19. The molecule has 4 atom stereocenters. The van der Waals surface area contributed by atoms with Gasteiger partial charge in [0.2, 0.25) is 11.6 Å². The Labute approximate surface area is 445 Å². The van der Waals surface area contributed by atoms with Crippen molar-refractivity contribution in [3.05, 3.63) is 141 Å². The topological polar surface area (TPSA) is 85.7 Å². The first-order valence-corrected chi connectivity index (χ1v) is 30.3. The van der Waals surface area contributed by atoms with Crippen molar-refractivity contribution >= 4 is 102 Å². The molecule has 0 spiro atoms. The zero-order valence-electron chi connectivity index (χ0n) is 40.8. The van der Waals surface area contributed by atoms with E-state index in [2.05, 4.69) is 137 Å². The van der Waals surface area contributed by atoms with Crippen LogP contribution in [0.2, 0.25) is 0 Å². The van der Waals surface area contributed by atoms with Gasteiger partial charge in [0.25, 0.3) is 0 Å². The summed E-state index contributed by atoms with van der Waals surface area (Å²) in [6.45, 7) is 9.18. The van der Waals surface area contributed by atoms with E-state index in [0.717, 1.165) is 122 Å². The Morgan fingerprint density at radius 2 is 0.778 bits per heavy atom. The quantitative estimate of drug-likeness (QED) is 0.0796. The number of unbranched alkanes of at least 4 members (excludes halogenated alkanes) is 2. The molecule has 0 saturated carbocycles. The number of thiophene rings is 4. The second-order valence-corrected chi connectivity index (χ2v) is 25.2. The van der Waals surface area contributed by atoms with Crippen molar-refractivity contribution in [3.8, 4) is 62.6 Å². The number of benzene rings is 4. The molecule has 10 aromatic rings. The Balaban J connectivity index is 0.789. The van der Waals surface area contributed by atoms with Crippen LogP contribution < -0.4 is 0 Å². The summed E-state index contributed by atoms with van der Waals surface area (Å²) in [5.74, 6) is -0.402. The zero-order valence-corrected chi connectivity index (χ0v) is 45.7. The Kier molecular flexibility index (Phi) is 13.3. The molecule has 6 heterocycles. The van der Waals surface area contributed by atoms with Crippen molar-refractivity contribution in [1.29, 1.82) is 0 Å². The SMILES string of the molecule is CCCCC(CC)Cc1ccc(-c2ccc(-c3ccc(-c4ccc5c(c4)C4C(=O)C(=O)C5c5cc(-c6ccc(-c7ccc(-c8ccc(CC(CC)CCCC)s8)c8nsnc78)s6)ccc54)s3)c3nsnc23)s1. The maximum atomic E-state index is 13.9. The first kappa shape index (κ1) is 47.7. The van der Waals surface area contributed by atoms with E-state index >= 15 is 0 Å². The minimum absolute atomic E-state index is 0.312. The normalized spacial score (nSPS) is 16.0. The van der Waals surface area contributed by atoms with Crippen LogP contribution >= 0.6 is 68.8 Å². The molecule has 13 rings (SSSR count). The number of ketones is 2. The van der Waals surface area contributed by atoms with E-state index in [0.29, 0.717) is 0 Å². The Morgan fingerprint density at radius 1 is 0.417 bits per heavy atom. The van der Waals surface area contributed by atoms with Gasteiger partial charge < -0.3 is 0 Å². The number of fused-ring (bicyclic) bond motifs is 3. The fourth-order valence-electron chi connectivity index (χ4n) is 11.2. The average Bonchev–Trinajstić information content (AvgIpc) is 4.28. The first-order valence-electron chi connectivity index (χ1n) is 25.6. The minimum atomic E-state index is -0.618. The molecular formula is C60H54N4O2S6. The molecule has 12 heteroatoms. The molecule has 0 N–H and O–H groups in total. The summed E-state index contributed by atoms with van der Waals surface area (Å²) in [7, 11) is 0. The minimum Gasteiger partial charge on any atom is -0.290 e. The average molecular weight is 1060 g/mol. The summed E-state index contributed by atoms with van der Waals surface area (Å²) in [4.78, 5) is 37.7. The highest BCUT2D eigenvalue weighted by Crippen LogP contribution is 2.53. The van der Waals surface area contributed by atoms with Crippen LogP contribution in [-0.4, -0.2) is 29.1 Å². The maximum Gasteiger partial charge on any atom is 0.211 e. The van der Waals surface area contributed by atoms with Gasteiger partial charge in [0.1, 0.15) is 22.1 Å². The number of rotatable bonds is 18. The number of hydrogen-bond acceptors (Lipinski definition) is 12. The lowest BCUT2D eigenvalue weighted by atomic mass is 9.62. The summed E-state index contributed by atoms with van der Waals surface area (Å²) in [5, 5.41) is 0. The lowest BCUT2D eigenvalue weighted by Crippen LogP contribution is -2.40. The van der Waals surface area contributed by atoms with Crippen LogP contribution in [0.5, 0.6) is 0 Å². The van der Waals surface area contributed by atoms with E-state index in [1.54, 1.807) is 22.7 Å². The lowest BCUT2D eigenvalue weighted by Gasteiger charge is -2.38. The van der Waals surface area contributed by atoms with Gasteiger partial charge in [0.05, 0.1) is 35.3 Å². The van der Waals surface area contributed by atoms with Crippen molar-refractivity contribution in [2.45, 2.75) is 104 Å². The molecular weight excluding hydrogens is 1000 g/mol. The van der Waals surface area contributed by atoms with Gasteiger partial charge >= 0.3 is 0 Å².